The minimum Gasteiger partial charge on any atom is -0.426 e. The highest BCUT2D eigenvalue weighted by Crippen LogP contribution is 2.54. The number of carbonyl (C=O) groups is 1. The van der Waals surface area contributed by atoms with Crippen LogP contribution in [-0.2, 0) is 4.79 Å². The van der Waals surface area contributed by atoms with Crippen molar-refractivity contribution < 1.29 is 13.9 Å². The number of fused-ring (bicyclic) bond motifs is 3. The van der Waals surface area contributed by atoms with Crippen LogP contribution in [0.1, 0.15) is 32.1 Å². The SMILES string of the molecule is O=C(Oc1cccc(F)c1)C1(C2CN3CCC2CC3)CCC1. The molecule has 3 nitrogen and oxygen atoms in total. The molecule has 1 unspecified atom stereocenters. The van der Waals surface area contributed by atoms with Gasteiger partial charge in [0.15, 0.2) is 0 Å². The van der Waals surface area contributed by atoms with Crippen molar-refractivity contribution in [2.45, 2.75) is 32.1 Å². The lowest BCUT2D eigenvalue weighted by atomic mass is 9.55. The molecule has 4 aliphatic rings. The third-order valence-electron chi connectivity index (χ3n) is 6.02. The highest BCUT2D eigenvalue weighted by atomic mass is 19.1. The van der Waals surface area contributed by atoms with Crippen molar-refractivity contribution in [1.29, 1.82) is 0 Å². The number of piperidine rings is 3. The molecule has 4 heteroatoms. The number of ether oxygens (including phenoxy) is 1. The molecule has 1 aromatic carbocycles. The lowest BCUT2D eigenvalue weighted by molar-refractivity contribution is -0.165. The molecule has 0 aromatic heterocycles. The summed E-state index contributed by atoms with van der Waals surface area (Å²) in [7, 11) is 0. The number of nitrogens with zero attached hydrogens (tertiary/aromatic N) is 1. The van der Waals surface area contributed by atoms with Gasteiger partial charge in [-0.05, 0) is 62.7 Å². The van der Waals surface area contributed by atoms with E-state index in [-0.39, 0.29) is 17.2 Å². The van der Waals surface area contributed by atoms with E-state index in [2.05, 4.69) is 4.90 Å². The Morgan fingerprint density at radius 3 is 2.59 bits per heavy atom. The Balaban J connectivity index is 1.54. The average molecular weight is 303 g/mol. The van der Waals surface area contributed by atoms with Crippen LogP contribution in [0.15, 0.2) is 24.3 Å². The lowest BCUT2D eigenvalue weighted by Crippen LogP contribution is -2.58. The first-order valence-corrected chi connectivity index (χ1v) is 8.38. The first kappa shape index (κ1) is 14.2. The monoisotopic (exact) mass is 303 g/mol. The number of esters is 1. The summed E-state index contributed by atoms with van der Waals surface area (Å²) < 4.78 is 18.9. The molecule has 3 heterocycles. The summed E-state index contributed by atoms with van der Waals surface area (Å²) in [6, 6.07) is 5.90. The fraction of sp³-hybridized carbons (Fsp3) is 0.611. The van der Waals surface area contributed by atoms with Gasteiger partial charge in [-0.15, -0.1) is 0 Å². The predicted octanol–water partition coefficient (Wildman–Crippen LogP) is 3.24. The molecule has 1 saturated carbocycles. The first-order chi connectivity index (χ1) is 10.7. The zero-order valence-electron chi connectivity index (χ0n) is 12.8. The van der Waals surface area contributed by atoms with Crippen molar-refractivity contribution in [1.82, 2.24) is 4.90 Å². The van der Waals surface area contributed by atoms with E-state index in [1.54, 1.807) is 12.1 Å². The van der Waals surface area contributed by atoms with E-state index in [0.717, 1.165) is 25.8 Å². The fourth-order valence-corrected chi connectivity index (χ4v) is 4.61. The highest BCUT2D eigenvalue weighted by molar-refractivity contribution is 5.80. The Morgan fingerprint density at radius 2 is 2.05 bits per heavy atom. The highest BCUT2D eigenvalue weighted by Gasteiger charge is 2.56. The number of halogens is 1. The minimum absolute atomic E-state index is 0.136. The molecule has 0 radical (unpaired) electrons. The zero-order valence-corrected chi connectivity index (χ0v) is 12.8. The van der Waals surface area contributed by atoms with Gasteiger partial charge in [0.25, 0.3) is 0 Å². The van der Waals surface area contributed by atoms with Crippen LogP contribution in [0.3, 0.4) is 0 Å². The number of carbonyl (C=O) groups excluding carboxylic acids is 1. The summed E-state index contributed by atoms with van der Waals surface area (Å²) in [5.41, 5.74) is -0.323. The minimum atomic E-state index is -0.365. The second-order valence-corrected chi connectivity index (χ2v) is 7.10. The van der Waals surface area contributed by atoms with Gasteiger partial charge < -0.3 is 9.64 Å². The van der Waals surface area contributed by atoms with Gasteiger partial charge in [0, 0.05) is 12.6 Å². The molecule has 3 saturated heterocycles. The van der Waals surface area contributed by atoms with Crippen LogP contribution in [0.2, 0.25) is 0 Å². The third kappa shape index (κ3) is 2.24. The van der Waals surface area contributed by atoms with Gasteiger partial charge in [-0.2, -0.15) is 0 Å². The van der Waals surface area contributed by atoms with Crippen molar-refractivity contribution in [3.8, 4) is 5.75 Å². The molecule has 0 N–H and O–H groups in total. The Morgan fingerprint density at radius 1 is 1.27 bits per heavy atom. The largest absolute Gasteiger partial charge is 0.426 e. The second kappa shape index (κ2) is 5.34. The van der Waals surface area contributed by atoms with E-state index in [4.69, 9.17) is 4.74 Å². The summed E-state index contributed by atoms with van der Waals surface area (Å²) in [5, 5.41) is 0. The molecule has 22 heavy (non-hydrogen) atoms. The van der Waals surface area contributed by atoms with Crippen molar-refractivity contribution in [3.63, 3.8) is 0 Å². The van der Waals surface area contributed by atoms with Gasteiger partial charge >= 0.3 is 5.97 Å². The van der Waals surface area contributed by atoms with Gasteiger partial charge in [0.2, 0.25) is 0 Å². The van der Waals surface area contributed by atoms with Crippen LogP contribution >= 0.6 is 0 Å². The summed E-state index contributed by atoms with van der Waals surface area (Å²) in [4.78, 5) is 15.3. The van der Waals surface area contributed by atoms with Crippen LogP contribution in [-0.4, -0.2) is 30.5 Å². The van der Waals surface area contributed by atoms with Gasteiger partial charge in [-0.3, -0.25) is 4.79 Å². The molecule has 1 atom stereocenters. The van der Waals surface area contributed by atoms with Crippen LogP contribution < -0.4 is 4.74 Å². The predicted molar refractivity (Wildman–Crippen MR) is 81.0 cm³/mol. The molecular formula is C18H22FNO2. The number of benzene rings is 1. The fourth-order valence-electron chi connectivity index (χ4n) is 4.61. The molecule has 1 aromatic rings. The Labute approximate surface area is 130 Å². The maximum atomic E-state index is 13.3. The van der Waals surface area contributed by atoms with Crippen molar-refractivity contribution in [3.05, 3.63) is 30.1 Å². The van der Waals surface area contributed by atoms with Gasteiger partial charge in [0.05, 0.1) is 5.41 Å². The van der Waals surface area contributed by atoms with Crippen molar-refractivity contribution >= 4 is 5.97 Å². The third-order valence-corrected chi connectivity index (χ3v) is 6.02. The van der Waals surface area contributed by atoms with E-state index >= 15 is 0 Å². The topological polar surface area (TPSA) is 29.5 Å². The normalized spacial score (nSPS) is 32.3. The standard InChI is InChI=1S/C18H22FNO2/c19-14-3-1-4-15(11-14)22-17(21)18(7-2-8-18)16-12-20-9-5-13(16)6-10-20/h1,3-4,11,13,16H,2,5-10,12H2. The van der Waals surface area contributed by atoms with E-state index < -0.39 is 0 Å². The summed E-state index contributed by atoms with van der Waals surface area (Å²) in [6.07, 6.45) is 5.37. The molecule has 2 bridgehead atoms. The Hall–Kier alpha value is -1.42. The molecule has 0 spiro atoms. The maximum absolute atomic E-state index is 13.3. The van der Waals surface area contributed by atoms with E-state index in [9.17, 15) is 9.18 Å². The van der Waals surface area contributed by atoms with Crippen molar-refractivity contribution in [2.75, 3.05) is 19.6 Å². The molecular weight excluding hydrogens is 281 g/mol. The summed E-state index contributed by atoms with van der Waals surface area (Å²) >= 11 is 0. The molecule has 5 rings (SSSR count). The lowest BCUT2D eigenvalue weighted by Gasteiger charge is -2.55. The van der Waals surface area contributed by atoms with Crippen LogP contribution in [0.4, 0.5) is 4.39 Å². The number of rotatable bonds is 3. The van der Waals surface area contributed by atoms with Crippen LogP contribution in [0.5, 0.6) is 5.75 Å². The van der Waals surface area contributed by atoms with Crippen molar-refractivity contribution in [2.24, 2.45) is 17.3 Å². The number of hydrogen-bond donors (Lipinski definition) is 0. The summed E-state index contributed by atoms with van der Waals surface area (Å²) in [6.45, 7) is 3.38. The van der Waals surface area contributed by atoms with E-state index in [1.165, 1.54) is 38.1 Å². The molecule has 1 aliphatic carbocycles. The molecule has 4 fully saturated rings. The smallest absolute Gasteiger partial charge is 0.317 e. The van der Waals surface area contributed by atoms with Crippen LogP contribution in [0.25, 0.3) is 0 Å². The molecule has 0 amide bonds. The van der Waals surface area contributed by atoms with E-state index in [1.807, 2.05) is 0 Å². The quantitative estimate of drug-likeness (QED) is 0.634. The summed E-state index contributed by atoms with van der Waals surface area (Å²) in [5.74, 6) is 0.909. The average Bonchev–Trinajstić information content (AvgIpc) is 2.47. The molecule has 3 aliphatic heterocycles. The van der Waals surface area contributed by atoms with Gasteiger partial charge in [0.1, 0.15) is 11.6 Å². The molecule has 118 valence electrons. The Bertz CT molecular complexity index is 576. The van der Waals surface area contributed by atoms with Gasteiger partial charge in [-0.1, -0.05) is 12.5 Å². The number of hydrogen-bond acceptors (Lipinski definition) is 3. The zero-order chi connectivity index (χ0) is 15.2. The first-order valence-electron chi connectivity index (χ1n) is 8.38. The second-order valence-electron chi connectivity index (χ2n) is 7.10. The maximum Gasteiger partial charge on any atom is 0.317 e. The van der Waals surface area contributed by atoms with Crippen LogP contribution in [0, 0.1) is 23.1 Å². The van der Waals surface area contributed by atoms with Gasteiger partial charge in [-0.25, -0.2) is 4.39 Å². The van der Waals surface area contributed by atoms with E-state index in [0.29, 0.717) is 17.6 Å². The Kier molecular flexibility index (Phi) is 3.44.